The Morgan fingerprint density at radius 2 is 2.24 bits per heavy atom. The van der Waals surface area contributed by atoms with Crippen molar-refractivity contribution >= 4 is 11.6 Å². The number of para-hydroxylation sites is 1. The summed E-state index contributed by atoms with van der Waals surface area (Å²) in [5, 5.41) is 12.2. The number of benzene rings is 1. The molecule has 0 aliphatic carbocycles. The minimum atomic E-state index is -0.426. The molecule has 0 saturated carbocycles. The Balaban J connectivity index is 1.92. The van der Waals surface area contributed by atoms with Crippen LogP contribution in [-0.2, 0) is 4.79 Å². The smallest absolute Gasteiger partial charge is 0.238 e. The molecule has 116 valence electrons. The van der Waals surface area contributed by atoms with E-state index >= 15 is 0 Å². The number of anilines is 1. The first-order valence-electron chi connectivity index (χ1n) is 7.52. The molecule has 1 amide bonds. The highest BCUT2D eigenvalue weighted by Crippen LogP contribution is 2.21. The lowest BCUT2D eigenvalue weighted by atomic mass is 9.97. The second kappa shape index (κ2) is 7.52. The molecule has 2 N–H and O–H groups in total. The summed E-state index contributed by atoms with van der Waals surface area (Å²) in [4.78, 5) is 14.2. The number of piperidine rings is 1. The molecule has 1 aromatic carbocycles. The molecule has 5 heteroatoms. The maximum atomic E-state index is 13.5. The molecule has 1 heterocycles. The molecule has 0 spiro atoms. The first-order valence-corrected chi connectivity index (χ1v) is 7.52. The summed E-state index contributed by atoms with van der Waals surface area (Å²) >= 11 is 0. The predicted octanol–water partition coefficient (Wildman–Crippen LogP) is 2.39. The van der Waals surface area contributed by atoms with Crippen LogP contribution in [-0.4, -0.2) is 41.1 Å². The van der Waals surface area contributed by atoms with Crippen LogP contribution >= 0.6 is 0 Å². The fraction of sp³-hybridized carbons (Fsp3) is 0.562. The summed E-state index contributed by atoms with van der Waals surface area (Å²) in [6, 6.07) is 6.39. The van der Waals surface area contributed by atoms with Gasteiger partial charge >= 0.3 is 0 Å². The van der Waals surface area contributed by atoms with Gasteiger partial charge in [-0.25, -0.2) is 4.39 Å². The van der Waals surface area contributed by atoms with Crippen LogP contribution in [0.15, 0.2) is 24.3 Å². The Morgan fingerprint density at radius 3 is 2.95 bits per heavy atom. The summed E-state index contributed by atoms with van der Waals surface area (Å²) in [5.74, 6) is -0.636. The number of hydrogen-bond donors (Lipinski definition) is 2. The zero-order valence-corrected chi connectivity index (χ0v) is 12.4. The van der Waals surface area contributed by atoms with Crippen LogP contribution in [0.2, 0.25) is 0 Å². The van der Waals surface area contributed by atoms with Gasteiger partial charge < -0.3 is 10.4 Å². The maximum Gasteiger partial charge on any atom is 0.238 e. The van der Waals surface area contributed by atoms with Gasteiger partial charge in [-0.05, 0) is 44.9 Å². The van der Waals surface area contributed by atoms with Gasteiger partial charge in [0.25, 0.3) is 0 Å². The summed E-state index contributed by atoms with van der Waals surface area (Å²) in [5.41, 5.74) is 0.214. The van der Waals surface area contributed by atoms with Gasteiger partial charge in [0.1, 0.15) is 5.82 Å². The molecule has 1 aromatic rings. The number of halogens is 1. The van der Waals surface area contributed by atoms with Crippen molar-refractivity contribution in [3.05, 3.63) is 30.1 Å². The van der Waals surface area contributed by atoms with E-state index in [9.17, 15) is 14.3 Å². The van der Waals surface area contributed by atoms with Crippen molar-refractivity contribution in [2.24, 2.45) is 0 Å². The van der Waals surface area contributed by atoms with Gasteiger partial charge in [0.2, 0.25) is 5.91 Å². The average Bonchev–Trinajstić information content (AvgIpc) is 2.43. The molecule has 21 heavy (non-hydrogen) atoms. The van der Waals surface area contributed by atoms with Gasteiger partial charge in [0.05, 0.1) is 18.3 Å². The van der Waals surface area contributed by atoms with Gasteiger partial charge in [0.15, 0.2) is 0 Å². The number of nitrogens with zero attached hydrogens (tertiary/aromatic N) is 1. The molecular formula is C16H23FN2O2. The fourth-order valence-electron chi connectivity index (χ4n) is 2.87. The van der Waals surface area contributed by atoms with Crippen LogP contribution in [0.3, 0.4) is 0 Å². The molecule has 2 rings (SSSR count). The van der Waals surface area contributed by atoms with Crippen molar-refractivity contribution < 1.29 is 14.3 Å². The first kappa shape index (κ1) is 15.9. The molecule has 1 aliphatic rings. The highest BCUT2D eigenvalue weighted by Gasteiger charge is 2.25. The minimum absolute atomic E-state index is 0.211. The number of carbonyl (C=O) groups is 1. The van der Waals surface area contributed by atoms with Crippen molar-refractivity contribution in [3.8, 4) is 0 Å². The second-order valence-corrected chi connectivity index (χ2v) is 5.73. The number of amides is 1. The summed E-state index contributed by atoms with van der Waals surface area (Å²) < 4.78 is 13.5. The zero-order chi connectivity index (χ0) is 15.2. The lowest BCUT2D eigenvalue weighted by molar-refractivity contribution is -0.118. The van der Waals surface area contributed by atoms with E-state index in [1.54, 1.807) is 25.1 Å². The molecule has 1 aliphatic heterocycles. The highest BCUT2D eigenvalue weighted by atomic mass is 19.1. The molecule has 2 unspecified atom stereocenters. The first-order chi connectivity index (χ1) is 10.1. The van der Waals surface area contributed by atoms with Crippen molar-refractivity contribution in [2.75, 3.05) is 18.4 Å². The van der Waals surface area contributed by atoms with Gasteiger partial charge in [-0.2, -0.15) is 0 Å². The molecule has 1 fully saturated rings. The average molecular weight is 294 g/mol. The normalized spacial score (nSPS) is 21.0. The van der Waals surface area contributed by atoms with Gasteiger partial charge in [0, 0.05) is 6.04 Å². The topological polar surface area (TPSA) is 52.6 Å². The van der Waals surface area contributed by atoms with Crippen LogP contribution in [0.1, 0.15) is 32.6 Å². The summed E-state index contributed by atoms with van der Waals surface area (Å²) in [7, 11) is 0. The fourth-order valence-corrected chi connectivity index (χ4v) is 2.87. The standard InChI is InChI=1S/C16H23FN2O2/c1-12(20)10-13-6-4-5-9-19(13)11-16(21)18-15-8-3-2-7-14(15)17/h2-3,7-8,12-13,20H,4-6,9-11H2,1H3,(H,18,21). The molecule has 2 atom stereocenters. The van der Waals surface area contributed by atoms with Crippen LogP contribution in [0.4, 0.5) is 10.1 Å². The van der Waals surface area contributed by atoms with Crippen molar-refractivity contribution in [1.29, 1.82) is 0 Å². The van der Waals surface area contributed by atoms with E-state index in [-0.39, 0.29) is 30.3 Å². The Kier molecular flexibility index (Phi) is 5.70. The largest absolute Gasteiger partial charge is 0.393 e. The van der Waals surface area contributed by atoms with Crippen molar-refractivity contribution in [2.45, 2.75) is 44.8 Å². The van der Waals surface area contributed by atoms with Crippen molar-refractivity contribution in [3.63, 3.8) is 0 Å². The molecule has 1 saturated heterocycles. The van der Waals surface area contributed by atoms with Gasteiger partial charge in [-0.1, -0.05) is 18.6 Å². The lowest BCUT2D eigenvalue weighted by Crippen LogP contribution is -2.45. The van der Waals surface area contributed by atoms with E-state index in [2.05, 4.69) is 10.2 Å². The zero-order valence-electron chi connectivity index (χ0n) is 12.4. The van der Waals surface area contributed by atoms with Crippen LogP contribution < -0.4 is 5.32 Å². The molecule has 0 radical (unpaired) electrons. The second-order valence-electron chi connectivity index (χ2n) is 5.73. The van der Waals surface area contributed by atoms with Crippen LogP contribution in [0.25, 0.3) is 0 Å². The third-order valence-electron chi connectivity index (χ3n) is 3.86. The Labute approximate surface area is 125 Å². The Bertz CT molecular complexity index is 479. The summed E-state index contributed by atoms with van der Waals surface area (Å²) in [6.07, 6.45) is 3.49. The van der Waals surface area contributed by atoms with E-state index < -0.39 is 5.82 Å². The SMILES string of the molecule is CC(O)CC1CCCCN1CC(=O)Nc1ccccc1F. The van der Waals surface area contributed by atoms with Gasteiger partial charge in [-0.15, -0.1) is 0 Å². The number of carbonyl (C=O) groups excluding carboxylic acids is 1. The van der Waals surface area contributed by atoms with Gasteiger partial charge in [-0.3, -0.25) is 9.69 Å². The number of aliphatic hydroxyl groups is 1. The minimum Gasteiger partial charge on any atom is -0.393 e. The number of nitrogens with one attached hydrogen (secondary N) is 1. The molecule has 0 bridgehead atoms. The third kappa shape index (κ3) is 4.79. The Morgan fingerprint density at radius 1 is 1.48 bits per heavy atom. The molecular weight excluding hydrogens is 271 g/mol. The monoisotopic (exact) mass is 294 g/mol. The predicted molar refractivity (Wildman–Crippen MR) is 80.5 cm³/mol. The van der Waals surface area contributed by atoms with E-state index in [0.29, 0.717) is 6.42 Å². The number of likely N-dealkylation sites (tertiary alicyclic amines) is 1. The Hall–Kier alpha value is -1.46. The van der Waals surface area contributed by atoms with E-state index in [1.165, 1.54) is 6.07 Å². The number of rotatable bonds is 5. The van der Waals surface area contributed by atoms with Crippen LogP contribution in [0.5, 0.6) is 0 Å². The van der Waals surface area contributed by atoms with E-state index in [4.69, 9.17) is 0 Å². The summed E-state index contributed by atoms with van der Waals surface area (Å²) in [6.45, 7) is 2.86. The highest BCUT2D eigenvalue weighted by molar-refractivity contribution is 5.92. The quantitative estimate of drug-likeness (QED) is 0.876. The van der Waals surface area contributed by atoms with Crippen molar-refractivity contribution in [1.82, 2.24) is 4.90 Å². The lowest BCUT2D eigenvalue weighted by Gasteiger charge is -2.35. The number of aliphatic hydroxyl groups excluding tert-OH is 1. The van der Waals surface area contributed by atoms with Crippen LogP contribution in [0, 0.1) is 5.82 Å². The van der Waals surface area contributed by atoms with E-state index in [0.717, 1.165) is 25.8 Å². The maximum absolute atomic E-state index is 13.5. The third-order valence-corrected chi connectivity index (χ3v) is 3.86. The number of hydrogen-bond acceptors (Lipinski definition) is 3. The van der Waals surface area contributed by atoms with E-state index in [1.807, 2.05) is 0 Å². The molecule has 4 nitrogen and oxygen atoms in total. The molecule has 0 aromatic heterocycles.